The molecule has 0 atom stereocenters. The van der Waals surface area contributed by atoms with E-state index < -0.39 is 0 Å². The first kappa shape index (κ1) is 16.8. The lowest BCUT2D eigenvalue weighted by atomic mass is 10.2. The Hall–Kier alpha value is -2.53. The molecule has 0 aliphatic rings. The molecule has 0 fully saturated rings. The Morgan fingerprint density at radius 2 is 1.78 bits per heavy atom. The van der Waals surface area contributed by atoms with Crippen LogP contribution in [0.5, 0.6) is 5.75 Å². The highest BCUT2D eigenvalue weighted by Gasteiger charge is 2.10. The van der Waals surface area contributed by atoms with Gasteiger partial charge in [-0.1, -0.05) is 35.9 Å². The molecule has 6 heteroatoms. The summed E-state index contributed by atoms with van der Waals surface area (Å²) in [4.78, 5) is 23.9. The molecule has 0 aliphatic carbocycles. The van der Waals surface area contributed by atoms with Crippen LogP contribution in [0.15, 0.2) is 48.5 Å². The molecule has 2 rings (SSSR count). The Morgan fingerprint density at radius 1 is 1.09 bits per heavy atom. The van der Waals surface area contributed by atoms with Gasteiger partial charge in [-0.15, -0.1) is 0 Å². The fourth-order valence-electron chi connectivity index (χ4n) is 1.99. The van der Waals surface area contributed by atoms with E-state index in [-0.39, 0.29) is 24.8 Å². The summed E-state index contributed by atoms with van der Waals surface area (Å²) in [5.41, 5.74) is 0.983. The molecule has 2 amide bonds. The summed E-state index contributed by atoms with van der Waals surface area (Å²) in [5, 5.41) is 5.79. The standard InChI is InChI=1S/C17H17ClN2O3/c1-23-15-9-5-4-8-14(15)20-16(21)10-11-19-17(22)12-6-2-3-7-13(12)18/h2-9H,10-11H2,1H3,(H,19,22)(H,20,21). The van der Waals surface area contributed by atoms with E-state index in [9.17, 15) is 9.59 Å². The first-order valence-electron chi connectivity index (χ1n) is 7.07. The number of hydrogen-bond acceptors (Lipinski definition) is 3. The fourth-order valence-corrected chi connectivity index (χ4v) is 2.21. The van der Waals surface area contributed by atoms with Gasteiger partial charge in [0.1, 0.15) is 5.75 Å². The van der Waals surface area contributed by atoms with Crippen LogP contribution in [-0.2, 0) is 4.79 Å². The fraction of sp³-hybridized carbons (Fsp3) is 0.176. The number of benzene rings is 2. The number of amides is 2. The molecule has 2 aromatic carbocycles. The highest BCUT2D eigenvalue weighted by atomic mass is 35.5. The molecule has 5 nitrogen and oxygen atoms in total. The SMILES string of the molecule is COc1ccccc1NC(=O)CCNC(=O)c1ccccc1Cl. The second-order valence-corrected chi connectivity index (χ2v) is 5.14. The third kappa shape index (κ3) is 4.72. The number of para-hydroxylation sites is 2. The molecule has 0 aliphatic heterocycles. The Labute approximate surface area is 139 Å². The zero-order valence-electron chi connectivity index (χ0n) is 12.6. The minimum Gasteiger partial charge on any atom is -0.495 e. The lowest BCUT2D eigenvalue weighted by molar-refractivity contribution is -0.116. The molecule has 2 N–H and O–H groups in total. The lowest BCUT2D eigenvalue weighted by Gasteiger charge is -2.10. The molecule has 0 aromatic heterocycles. The molecule has 0 saturated heterocycles. The number of methoxy groups -OCH3 is 1. The van der Waals surface area contributed by atoms with Crippen molar-refractivity contribution in [2.45, 2.75) is 6.42 Å². The van der Waals surface area contributed by atoms with E-state index in [1.807, 2.05) is 6.07 Å². The lowest BCUT2D eigenvalue weighted by Crippen LogP contribution is -2.27. The van der Waals surface area contributed by atoms with Crippen LogP contribution in [0.3, 0.4) is 0 Å². The monoisotopic (exact) mass is 332 g/mol. The van der Waals surface area contributed by atoms with Gasteiger partial charge in [-0.05, 0) is 24.3 Å². The smallest absolute Gasteiger partial charge is 0.252 e. The van der Waals surface area contributed by atoms with E-state index in [4.69, 9.17) is 16.3 Å². The normalized spacial score (nSPS) is 10.0. The first-order chi connectivity index (χ1) is 11.1. The number of anilines is 1. The molecule has 2 aromatic rings. The van der Waals surface area contributed by atoms with Gasteiger partial charge in [0.05, 0.1) is 23.4 Å². The van der Waals surface area contributed by atoms with Gasteiger partial charge >= 0.3 is 0 Å². The molecule has 120 valence electrons. The van der Waals surface area contributed by atoms with E-state index in [1.165, 1.54) is 7.11 Å². The van der Waals surface area contributed by atoms with Gasteiger partial charge in [-0.25, -0.2) is 0 Å². The zero-order chi connectivity index (χ0) is 16.7. The summed E-state index contributed by atoms with van der Waals surface area (Å²) >= 11 is 5.95. The summed E-state index contributed by atoms with van der Waals surface area (Å²) in [5.74, 6) is 0.0654. The Kier molecular flexibility index (Phi) is 6.00. The summed E-state index contributed by atoms with van der Waals surface area (Å²) in [6.45, 7) is 0.213. The molecule has 0 bridgehead atoms. The van der Waals surface area contributed by atoms with Gasteiger partial charge in [0.15, 0.2) is 0 Å². The van der Waals surface area contributed by atoms with E-state index in [0.29, 0.717) is 22.0 Å². The molecule has 0 spiro atoms. The molecule has 0 unspecified atom stereocenters. The molecular formula is C17H17ClN2O3. The van der Waals surface area contributed by atoms with Crippen LogP contribution in [0.4, 0.5) is 5.69 Å². The highest BCUT2D eigenvalue weighted by Crippen LogP contribution is 2.23. The topological polar surface area (TPSA) is 67.4 Å². The molecule has 0 heterocycles. The summed E-state index contributed by atoms with van der Waals surface area (Å²) in [7, 11) is 1.54. The molecule has 23 heavy (non-hydrogen) atoms. The number of nitrogens with one attached hydrogen (secondary N) is 2. The van der Waals surface area contributed by atoms with Gasteiger partial charge in [0.25, 0.3) is 5.91 Å². The average molecular weight is 333 g/mol. The van der Waals surface area contributed by atoms with Crippen LogP contribution in [0.2, 0.25) is 5.02 Å². The highest BCUT2D eigenvalue weighted by molar-refractivity contribution is 6.33. The van der Waals surface area contributed by atoms with E-state index >= 15 is 0 Å². The van der Waals surface area contributed by atoms with Gasteiger partial charge in [-0.2, -0.15) is 0 Å². The maximum Gasteiger partial charge on any atom is 0.252 e. The van der Waals surface area contributed by atoms with Crippen molar-refractivity contribution in [2.75, 3.05) is 19.0 Å². The van der Waals surface area contributed by atoms with Gasteiger partial charge < -0.3 is 15.4 Å². The second-order valence-electron chi connectivity index (χ2n) is 4.73. The Morgan fingerprint density at radius 3 is 2.52 bits per heavy atom. The summed E-state index contributed by atoms with van der Waals surface area (Å²) in [6, 6.07) is 13.9. The number of carbonyl (C=O) groups excluding carboxylic acids is 2. The minimum absolute atomic E-state index is 0.147. The van der Waals surface area contributed by atoms with Crippen molar-refractivity contribution in [1.82, 2.24) is 5.32 Å². The van der Waals surface area contributed by atoms with Crippen LogP contribution in [0, 0.1) is 0 Å². The summed E-state index contributed by atoms with van der Waals surface area (Å²) < 4.78 is 5.16. The molecular weight excluding hydrogens is 316 g/mol. The van der Waals surface area contributed by atoms with Gasteiger partial charge in [-0.3, -0.25) is 9.59 Å². The third-order valence-electron chi connectivity index (χ3n) is 3.14. The van der Waals surface area contributed by atoms with Crippen molar-refractivity contribution in [2.24, 2.45) is 0 Å². The minimum atomic E-state index is -0.305. The zero-order valence-corrected chi connectivity index (χ0v) is 13.4. The van der Waals surface area contributed by atoms with Crippen molar-refractivity contribution >= 4 is 29.1 Å². The maximum atomic E-state index is 12.0. The first-order valence-corrected chi connectivity index (χ1v) is 7.45. The van der Waals surface area contributed by atoms with E-state index in [0.717, 1.165) is 0 Å². The predicted octanol–water partition coefficient (Wildman–Crippen LogP) is 3.11. The number of rotatable bonds is 6. The van der Waals surface area contributed by atoms with Gasteiger partial charge in [0, 0.05) is 13.0 Å². The summed E-state index contributed by atoms with van der Waals surface area (Å²) in [6.07, 6.45) is 0.147. The second kappa shape index (κ2) is 8.19. The number of hydrogen-bond donors (Lipinski definition) is 2. The van der Waals surface area contributed by atoms with E-state index in [1.54, 1.807) is 42.5 Å². The van der Waals surface area contributed by atoms with Crippen LogP contribution >= 0.6 is 11.6 Å². The van der Waals surface area contributed by atoms with Crippen molar-refractivity contribution in [1.29, 1.82) is 0 Å². The number of ether oxygens (including phenoxy) is 1. The number of halogens is 1. The Balaban J connectivity index is 1.83. The van der Waals surface area contributed by atoms with Crippen molar-refractivity contribution in [3.8, 4) is 5.75 Å². The third-order valence-corrected chi connectivity index (χ3v) is 3.47. The molecule has 0 radical (unpaired) electrons. The average Bonchev–Trinajstić information content (AvgIpc) is 2.55. The van der Waals surface area contributed by atoms with Crippen LogP contribution in [0.1, 0.15) is 16.8 Å². The number of carbonyl (C=O) groups is 2. The largest absolute Gasteiger partial charge is 0.495 e. The van der Waals surface area contributed by atoms with Crippen LogP contribution in [0.25, 0.3) is 0 Å². The quantitative estimate of drug-likeness (QED) is 0.854. The van der Waals surface area contributed by atoms with Gasteiger partial charge in [0.2, 0.25) is 5.91 Å². The van der Waals surface area contributed by atoms with Crippen molar-refractivity contribution in [3.05, 3.63) is 59.1 Å². The molecule has 0 saturated carbocycles. The Bertz CT molecular complexity index is 704. The maximum absolute atomic E-state index is 12.0. The van der Waals surface area contributed by atoms with Crippen LogP contribution < -0.4 is 15.4 Å². The van der Waals surface area contributed by atoms with Crippen molar-refractivity contribution in [3.63, 3.8) is 0 Å². The van der Waals surface area contributed by atoms with E-state index in [2.05, 4.69) is 10.6 Å². The van der Waals surface area contributed by atoms with Crippen LogP contribution in [-0.4, -0.2) is 25.5 Å². The van der Waals surface area contributed by atoms with Crippen molar-refractivity contribution < 1.29 is 14.3 Å². The predicted molar refractivity (Wildman–Crippen MR) is 90.0 cm³/mol.